The first-order valence-electron chi connectivity index (χ1n) is 15.4. The van der Waals surface area contributed by atoms with Gasteiger partial charge < -0.3 is 25.4 Å². The molecular weight excluding hydrogens is 502 g/mol. The molecule has 0 saturated carbocycles. The molecule has 4 N–H and O–H groups in total. The van der Waals surface area contributed by atoms with E-state index in [0.717, 1.165) is 55.4 Å². The normalized spacial score (nSPS) is 12.3. The number of phenolic OH excluding ortho intramolecular Hbond substituents is 3. The number of nitrogens with one attached hydrogen (secondary N) is 1. The number of carbonyl (C=O) groups is 1. The van der Waals surface area contributed by atoms with E-state index in [9.17, 15) is 20.1 Å². The number of unbranched alkanes of at least 4 members (excludes halogenated alkanes) is 10. The first kappa shape index (κ1) is 33.3. The summed E-state index contributed by atoms with van der Waals surface area (Å²) in [6, 6.07) is 10.1. The molecule has 6 nitrogen and oxygen atoms in total. The third-order valence-electron chi connectivity index (χ3n) is 7.77. The van der Waals surface area contributed by atoms with Gasteiger partial charge in [0.1, 0.15) is 11.5 Å². The molecule has 2 rings (SSSR count). The smallest absolute Gasteiger partial charge is 0.220 e. The monoisotopic (exact) mass is 555 g/mol. The first-order chi connectivity index (χ1) is 19.1. The van der Waals surface area contributed by atoms with Gasteiger partial charge in [-0.3, -0.25) is 4.79 Å². The van der Waals surface area contributed by atoms with Crippen LogP contribution in [0.3, 0.4) is 0 Å². The molecular formula is C34H53NO5. The second-order valence-electron chi connectivity index (χ2n) is 11.9. The lowest BCUT2D eigenvalue weighted by atomic mass is 9.80. The zero-order valence-electron chi connectivity index (χ0n) is 25.3. The van der Waals surface area contributed by atoms with Crippen LogP contribution in [-0.4, -0.2) is 27.8 Å². The average molecular weight is 556 g/mol. The number of amides is 1. The Morgan fingerprint density at radius 2 is 1.48 bits per heavy atom. The highest BCUT2D eigenvalue weighted by Gasteiger charge is 2.21. The number of aromatic hydroxyl groups is 3. The second kappa shape index (κ2) is 17.7. The molecule has 0 aliphatic rings. The van der Waals surface area contributed by atoms with Gasteiger partial charge in [0.05, 0.1) is 12.6 Å². The molecule has 0 bridgehead atoms. The van der Waals surface area contributed by atoms with Crippen LogP contribution >= 0.6 is 0 Å². The molecule has 0 aliphatic heterocycles. The molecule has 0 heterocycles. The second-order valence-corrected chi connectivity index (χ2v) is 11.9. The number of ether oxygens (including phenoxy) is 1. The number of carbonyl (C=O) groups excluding carboxylic acids is 1. The van der Waals surface area contributed by atoms with Crippen molar-refractivity contribution in [2.24, 2.45) is 0 Å². The Morgan fingerprint density at radius 3 is 2.15 bits per heavy atom. The SMILES string of the molecule is CCCCCCC(C)(C)c1cc(O)cc(OCCCCCCCCCCC(=O)NC(C)c2ccc(O)c(O)c2)c1. The summed E-state index contributed by atoms with van der Waals surface area (Å²) in [6.45, 7) is 9.26. The van der Waals surface area contributed by atoms with E-state index in [-0.39, 0.29) is 34.6 Å². The number of benzene rings is 2. The molecule has 0 aliphatic carbocycles. The maximum atomic E-state index is 12.2. The maximum Gasteiger partial charge on any atom is 0.220 e. The Hall–Kier alpha value is -2.89. The first-order valence-corrected chi connectivity index (χ1v) is 15.4. The van der Waals surface area contributed by atoms with E-state index in [2.05, 4.69) is 32.2 Å². The standard InChI is InChI=1S/C34H53NO5/c1-5-6-7-15-20-34(3,4)28-23-29(36)25-30(24-28)40-21-16-13-11-9-8-10-12-14-17-33(39)35-26(2)27-18-19-31(37)32(38)22-27/h18-19,22-26,36-38H,5-17,20-21H2,1-4H3,(H,35,39). The van der Waals surface area contributed by atoms with Crippen LogP contribution in [0.4, 0.5) is 0 Å². The van der Waals surface area contributed by atoms with Crippen LogP contribution in [0, 0.1) is 0 Å². The zero-order valence-corrected chi connectivity index (χ0v) is 25.3. The third-order valence-corrected chi connectivity index (χ3v) is 7.77. The third kappa shape index (κ3) is 12.5. The molecule has 1 amide bonds. The van der Waals surface area contributed by atoms with Crippen LogP contribution in [-0.2, 0) is 10.2 Å². The summed E-state index contributed by atoms with van der Waals surface area (Å²) in [5, 5.41) is 32.3. The topological polar surface area (TPSA) is 99.0 Å². The summed E-state index contributed by atoms with van der Waals surface area (Å²) in [5.41, 5.74) is 1.92. The Morgan fingerprint density at radius 1 is 0.825 bits per heavy atom. The van der Waals surface area contributed by atoms with Crippen LogP contribution < -0.4 is 10.1 Å². The van der Waals surface area contributed by atoms with Crippen LogP contribution in [0.25, 0.3) is 0 Å². The van der Waals surface area contributed by atoms with E-state index in [1.807, 2.05) is 13.0 Å². The van der Waals surface area contributed by atoms with Crippen molar-refractivity contribution >= 4 is 5.91 Å². The fourth-order valence-corrected chi connectivity index (χ4v) is 5.04. The number of phenols is 3. The molecule has 0 spiro atoms. The van der Waals surface area contributed by atoms with Gasteiger partial charge in [0.2, 0.25) is 5.91 Å². The van der Waals surface area contributed by atoms with Gasteiger partial charge in [-0.25, -0.2) is 0 Å². The molecule has 2 aromatic carbocycles. The van der Waals surface area contributed by atoms with Gasteiger partial charge in [-0.2, -0.15) is 0 Å². The number of hydrogen-bond acceptors (Lipinski definition) is 5. The van der Waals surface area contributed by atoms with E-state index in [1.54, 1.807) is 12.1 Å². The van der Waals surface area contributed by atoms with Crippen LogP contribution in [0.5, 0.6) is 23.0 Å². The largest absolute Gasteiger partial charge is 0.508 e. The van der Waals surface area contributed by atoms with Gasteiger partial charge in [0.25, 0.3) is 0 Å². The van der Waals surface area contributed by atoms with Gasteiger partial charge >= 0.3 is 0 Å². The van der Waals surface area contributed by atoms with Gasteiger partial charge in [-0.05, 0) is 67.0 Å². The number of rotatable bonds is 20. The number of hydrogen-bond donors (Lipinski definition) is 4. The van der Waals surface area contributed by atoms with Crippen molar-refractivity contribution in [1.29, 1.82) is 0 Å². The van der Waals surface area contributed by atoms with Crippen molar-refractivity contribution in [1.82, 2.24) is 5.32 Å². The predicted molar refractivity (Wildman–Crippen MR) is 163 cm³/mol. The molecule has 0 fully saturated rings. The summed E-state index contributed by atoms with van der Waals surface area (Å²) in [7, 11) is 0. The Kier molecular flexibility index (Phi) is 14.8. The lowest BCUT2D eigenvalue weighted by Crippen LogP contribution is -2.26. The lowest BCUT2D eigenvalue weighted by Gasteiger charge is -2.26. The van der Waals surface area contributed by atoms with E-state index < -0.39 is 0 Å². The van der Waals surface area contributed by atoms with Crippen molar-refractivity contribution in [2.75, 3.05) is 6.61 Å². The highest BCUT2D eigenvalue weighted by atomic mass is 16.5. The minimum atomic E-state index is -0.218. The van der Waals surface area contributed by atoms with E-state index in [0.29, 0.717) is 13.0 Å². The predicted octanol–water partition coefficient (Wildman–Crippen LogP) is 8.82. The van der Waals surface area contributed by atoms with Crippen LogP contribution in [0.15, 0.2) is 36.4 Å². The van der Waals surface area contributed by atoms with Crippen molar-refractivity contribution in [3.63, 3.8) is 0 Å². The summed E-state index contributed by atoms with van der Waals surface area (Å²) >= 11 is 0. The fourth-order valence-electron chi connectivity index (χ4n) is 5.04. The average Bonchev–Trinajstić information content (AvgIpc) is 2.91. The quantitative estimate of drug-likeness (QED) is 0.0966. The maximum absolute atomic E-state index is 12.2. The fraction of sp³-hybridized carbons (Fsp3) is 0.618. The van der Waals surface area contributed by atoms with Crippen molar-refractivity contribution in [3.8, 4) is 23.0 Å². The summed E-state index contributed by atoms with van der Waals surface area (Å²) in [5.74, 6) is 0.707. The summed E-state index contributed by atoms with van der Waals surface area (Å²) < 4.78 is 5.99. The lowest BCUT2D eigenvalue weighted by molar-refractivity contribution is -0.121. The summed E-state index contributed by atoms with van der Waals surface area (Å²) in [4.78, 5) is 12.2. The summed E-state index contributed by atoms with van der Waals surface area (Å²) in [6.07, 6.45) is 15.3. The Labute approximate surface area is 242 Å². The van der Waals surface area contributed by atoms with Gasteiger partial charge in [-0.15, -0.1) is 0 Å². The van der Waals surface area contributed by atoms with Crippen molar-refractivity contribution in [3.05, 3.63) is 47.5 Å². The molecule has 1 unspecified atom stereocenters. The van der Waals surface area contributed by atoms with Crippen LogP contribution in [0.1, 0.15) is 135 Å². The van der Waals surface area contributed by atoms with Crippen molar-refractivity contribution < 1.29 is 24.9 Å². The molecule has 0 radical (unpaired) electrons. The van der Waals surface area contributed by atoms with E-state index >= 15 is 0 Å². The molecule has 0 saturated heterocycles. The molecule has 224 valence electrons. The Bertz CT molecular complexity index is 1020. The molecule has 1 atom stereocenters. The Balaban J connectivity index is 1.53. The zero-order chi connectivity index (χ0) is 29.4. The molecule has 6 heteroatoms. The van der Waals surface area contributed by atoms with Gasteiger partial charge in [0, 0.05) is 12.5 Å². The minimum Gasteiger partial charge on any atom is -0.508 e. The van der Waals surface area contributed by atoms with E-state index in [1.165, 1.54) is 57.1 Å². The molecule has 0 aromatic heterocycles. The van der Waals surface area contributed by atoms with Gasteiger partial charge in [0.15, 0.2) is 11.5 Å². The minimum absolute atomic E-state index is 0.00876. The van der Waals surface area contributed by atoms with Crippen molar-refractivity contribution in [2.45, 2.75) is 129 Å². The van der Waals surface area contributed by atoms with Crippen LogP contribution in [0.2, 0.25) is 0 Å². The molecule has 2 aromatic rings. The highest BCUT2D eigenvalue weighted by Crippen LogP contribution is 2.34. The van der Waals surface area contributed by atoms with Gasteiger partial charge in [-0.1, -0.05) is 91.0 Å². The highest BCUT2D eigenvalue weighted by molar-refractivity contribution is 5.76. The molecule has 40 heavy (non-hydrogen) atoms. The van der Waals surface area contributed by atoms with E-state index in [4.69, 9.17) is 4.74 Å².